The van der Waals surface area contributed by atoms with Crippen LogP contribution in [0.1, 0.15) is 36.8 Å². The van der Waals surface area contributed by atoms with E-state index in [9.17, 15) is 4.79 Å². The van der Waals surface area contributed by atoms with Gasteiger partial charge in [0.05, 0.1) is 0 Å². The summed E-state index contributed by atoms with van der Waals surface area (Å²) in [6.07, 6.45) is 3.17. The SMILES string of the molecule is O=C(O)NC1CCC(CN(Cc2ccccc2)Cc2ccccc2)CC1. The molecule has 26 heavy (non-hydrogen) atoms. The molecule has 0 spiro atoms. The molecule has 0 unspecified atom stereocenters. The van der Waals surface area contributed by atoms with Gasteiger partial charge in [-0.15, -0.1) is 0 Å². The summed E-state index contributed by atoms with van der Waals surface area (Å²) in [6.45, 7) is 2.95. The highest BCUT2D eigenvalue weighted by Crippen LogP contribution is 2.26. The fourth-order valence-corrected chi connectivity index (χ4v) is 3.90. The predicted octanol–water partition coefficient (Wildman–Crippen LogP) is 4.52. The maximum Gasteiger partial charge on any atom is 0.404 e. The van der Waals surface area contributed by atoms with Crippen LogP contribution in [-0.4, -0.2) is 28.7 Å². The van der Waals surface area contributed by atoms with Crippen LogP contribution in [0.2, 0.25) is 0 Å². The van der Waals surface area contributed by atoms with Crippen LogP contribution in [0.15, 0.2) is 60.7 Å². The lowest BCUT2D eigenvalue weighted by Crippen LogP contribution is -2.39. The molecule has 0 radical (unpaired) electrons. The monoisotopic (exact) mass is 352 g/mol. The summed E-state index contributed by atoms with van der Waals surface area (Å²) in [5.74, 6) is 0.634. The molecule has 0 aromatic heterocycles. The minimum Gasteiger partial charge on any atom is -0.465 e. The van der Waals surface area contributed by atoms with Gasteiger partial charge >= 0.3 is 6.09 Å². The van der Waals surface area contributed by atoms with Gasteiger partial charge in [0.1, 0.15) is 0 Å². The van der Waals surface area contributed by atoms with Crippen LogP contribution in [-0.2, 0) is 13.1 Å². The molecule has 2 aromatic carbocycles. The van der Waals surface area contributed by atoms with Crippen molar-refractivity contribution < 1.29 is 9.90 Å². The van der Waals surface area contributed by atoms with Crippen molar-refractivity contribution in [2.75, 3.05) is 6.54 Å². The van der Waals surface area contributed by atoms with E-state index in [-0.39, 0.29) is 6.04 Å². The van der Waals surface area contributed by atoms with Crippen LogP contribution in [0.25, 0.3) is 0 Å². The number of rotatable bonds is 7. The molecule has 2 N–H and O–H groups in total. The maximum absolute atomic E-state index is 10.8. The van der Waals surface area contributed by atoms with Crippen LogP contribution in [0.5, 0.6) is 0 Å². The Morgan fingerprint density at radius 3 is 1.85 bits per heavy atom. The Morgan fingerprint density at radius 1 is 0.885 bits per heavy atom. The Balaban J connectivity index is 1.59. The van der Waals surface area contributed by atoms with E-state index in [1.165, 1.54) is 11.1 Å². The Kier molecular flexibility index (Phi) is 6.67. The predicted molar refractivity (Wildman–Crippen MR) is 104 cm³/mol. The summed E-state index contributed by atoms with van der Waals surface area (Å²) in [6, 6.07) is 21.4. The molecule has 1 aliphatic carbocycles. The van der Waals surface area contributed by atoms with Crippen LogP contribution in [0, 0.1) is 5.92 Å². The van der Waals surface area contributed by atoms with E-state index in [0.717, 1.165) is 45.3 Å². The third-order valence-corrected chi connectivity index (χ3v) is 5.19. The van der Waals surface area contributed by atoms with Crippen molar-refractivity contribution in [2.45, 2.75) is 44.8 Å². The summed E-state index contributed by atoms with van der Waals surface area (Å²) >= 11 is 0. The lowest BCUT2D eigenvalue weighted by molar-refractivity contribution is 0.163. The average Bonchev–Trinajstić information content (AvgIpc) is 2.64. The lowest BCUT2D eigenvalue weighted by Gasteiger charge is -2.33. The molecule has 0 aliphatic heterocycles. The zero-order valence-electron chi connectivity index (χ0n) is 15.2. The number of carboxylic acid groups (broad SMARTS) is 1. The Labute approximate surface area is 155 Å². The molecule has 0 bridgehead atoms. The van der Waals surface area contributed by atoms with Gasteiger partial charge in [0.2, 0.25) is 0 Å². The Morgan fingerprint density at radius 2 is 1.38 bits per heavy atom. The molecule has 2 aromatic rings. The second-order valence-electron chi connectivity index (χ2n) is 7.31. The zero-order valence-corrected chi connectivity index (χ0v) is 15.2. The standard InChI is InChI=1S/C22H28N2O2/c25-22(26)23-21-13-11-20(12-14-21)17-24(15-18-7-3-1-4-8-18)16-19-9-5-2-6-10-19/h1-10,20-21,23H,11-17H2,(H,25,26). The molecule has 0 saturated heterocycles. The van der Waals surface area contributed by atoms with Crippen molar-refractivity contribution in [3.05, 3.63) is 71.8 Å². The highest BCUT2D eigenvalue weighted by Gasteiger charge is 2.24. The largest absolute Gasteiger partial charge is 0.465 e. The van der Waals surface area contributed by atoms with Crippen molar-refractivity contribution in [1.29, 1.82) is 0 Å². The maximum atomic E-state index is 10.8. The van der Waals surface area contributed by atoms with Gasteiger partial charge in [0.15, 0.2) is 0 Å². The van der Waals surface area contributed by atoms with E-state index in [4.69, 9.17) is 5.11 Å². The van der Waals surface area contributed by atoms with E-state index < -0.39 is 6.09 Å². The summed E-state index contributed by atoms with van der Waals surface area (Å²) in [7, 11) is 0. The van der Waals surface area contributed by atoms with Crippen LogP contribution in [0.3, 0.4) is 0 Å². The van der Waals surface area contributed by atoms with E-state index in [1.54, 1.807) is 0 Å². The molecule has 4 nitrogen and oxygen atoms in total. The molecule has 1 saturated carbocycles. The number of amides is 1. The smallest absolute Gasteiger partial charge is 0.404 e. The molecule has 0 heterocycles. The topological polar surface area (TPSA) is 52.6 Å². The first kappa shape index (κ1) is 18.5. The third-order valence-electron chi connectivity index (χ3n) is 5.19. The van der Waals surface area contributed by atoms with Gasteiger partial charge in [-0.25, -0.2) is 4.79 Å². The third kappa shape index (κ3) is 5.88. The number of nitrogens with one attached hydrogen (secondary N) is 1. The minimum absolute atomic E-state index is 0.125. The first-order chi connectivity index (χ1) is 12.7. The van der Waals surface area contributed by atoms with Gasteiger partial charge in [-0.3, -0.25) is 4.90 Å². The molecule has 138 valence electrons. The minimum atomic E-state index is -0.900. The number of hydrogen-bond acceptors (Lipinski definition) is 2. The van der Waals surface area contributed by atoms with Crippen molar-refractivity contribution in [3.8, 4) is 0 Å². The van der Waals surface area contributed by atoms with Gasteiger partial charge in [-0.2, -0.15) is 0 Å². The normalized spacial score (nSPS) is 20.0. The van der Waals surface area contributed by atoms with Gasteiger partial charge in [-0.1, -0.05) is 60.7 Å². The first-order valence-corrected chi connectivity index (χ1v) is 9.48. The van der Waals surface area contributed by atoms with E-state index in [2.05, 4.69) is 70.9 Å². The second-order valence-corrected chi connectivity index (χ2v) is 7.31. The highest BCUT2D eigenvalue weighted by atomic mass is 16.4. The summed E-state index contributed by atoms with van der Waals surface area (Å²) < 4.78 is 0. The molecule has 1 fully saturated rings. The Bertz CT molecular complexity index is 626. The van der Waals surface area contributed by atoms with E-state index in [0.29, 0.717) is 5.92 Å². The number of carbonyl (C=O) groups is 1. The molecule has 1 aliphatic rings. The fraction of sp³-hybridized carbons (Fsp3) is 0.409. The quantitative estimate of drug-likeness (QED) is 0.770. The van der Waals surface area contributed by atoms with Gasteiger partial charge in [0, 0.05) is 25.7 Å². The van der Waals surface area contributed by atoms with Crippen molar-refractivity contribution in [1.82, 2.24) is 10.2 Å². The number of nitrogens with zero attached hydrogens (tertiary/aromatic N) is 1. The summed E-state index contributed by atoms with van der Waals surface area (Å²) in [5, 5.41) is 11.5. The number of benzene rings is 2. The average molecular weight is 352 g/mol. The van der Waals surface area contributed by atoms with Gasteiger partial charge in [-0.05, 0) is 42.7 Å². The van der Waals surface area contributed by atoms with Crippen LogP contribution < -0.4 is 5.32 Å². The van der Waals surface area contributed by atoms with Crippen LogP contribution in [0.4, 0.5) is 4.79 Å². The molecule has 0 atom stereocenters. The van der Waals surface area contributed by atoms with Crippen molar-refractivity contribution in [2.24, 2.45) is 5.92 Å². The summed E-state index contributed by atoms with van der Waals surface area (Å²) in [5.41, 5.74) is 2.68. The Hall–Kier alpha value is -2.33. The number of hydrogen-bond donors (Lipinski definition) is 2. The van der Waals surface area contributed by atoms with Gasteiger partial charge < -0.3 is 10.4 Å². The first-order valence-electron chi connectivity index (χ1n) is 9.48. The molecular weight excluding hydrogens is 324 g/mol. The van der Waals surface area contributed by atoms with Crippen LogP contribution >= 0.6 is 0 Å². The fourth-order valence-electron chi connectivity index (χ4n) is 3.90. The molecule has 4 heteroatoms. The van der Waals surface area contributed by atoms with Crippen molar-refractivity contribution >= 4 is 6.09 Å². The molecular formula is C22H28N2O2. The van der Waals surface area contributed by atoms with E-state index >= 15 is 0 Å². The van der Waals surface area contributed by atoms with Gasteiger partial charge in [0.25, 0.3) is 0 Å². The van der Waals surface area contributed by atoms with E-state index in [1.807, 2.05) is 0 Å². The molecule has 3 rings (SSSR count). The zero-order chi connectivity index (χ0) is 18.2. The van der Waals surface area contributed by atoms with Crippen molar-refractivity contribution in [3.63, 3.8) is 0 Å². The second kappa shape index (κ2) is 9.39. The summed E-state index contributed by atoms with van der Waals surface area (Å²) in [4.78, 5) is 13.3. The lowest BCUT2D eigenvalue weighted by atomic mass is 9.85. The molecule has 1 amide bonds. The highest BCUT2D eigenvalue weighted by molar-refractivity contribution is 5.64.